The standard InChI is InChI=1S/C19H23F2N3O/c1-13(15-6-9-17(20)18(21)10-15)11-23-19(22-2)24-12-14-4-7-16(25-3)8-5-14/h4-10,13H,11-12H2,1-3H3,(H2,22,23,24). The third kappa shape index (κ3) is 5.45. The molecule has 1 atom stereocenters. The topological polar surface area (TPSA) is 45.7 Å². The van der Waals surface area contributed by atoms with E-state index in [0.29, 0.717) is 19.0 Å². The molecule has 0 bridgehead atoms. The Labute approximate surface area is 146 Å². The van der Waals surface area contributed by atoms with Crippen molar-refractivity contribution >= 4 is 5.96 Å². The molecule has 0 aliphatic heterocycles. The van der Waals surface area contributed by atoms with Gasteiger partial charge in [0, 0.05) is 20.1 Å². The Kier molecular flexibility index (Phi) is 6.74. The second-order valence-corrected chi connectivity index (χ2v) is 5.73. The van der Waals surface area contributed by atoms with Gasteiger partial charge in [-0.15, -0.1) is 0 Å². The van der Waals surface area contributed by atoms with Gasteiger partial charge < -0.3 is 15.4 Å². The van der Waals surface area contributed by atoms with Crippen molar-refractivity contribution < 1.29 is 13.5 Å². The molecule has 0 amide bonds. The zero-order chi connectivity index (χ0) is 18.2. The molecule has 0 aliphatic carbocycles. The van der Waals surface area contributed by atoms with Gasteiger partial charge in [-0.3, -0.25) is 4.99 Å². The molecule has 6 heteroatoms. The quantitative estimate of drug-likeness (QED) is 0.621. The first-order valence-corrected chi connectivity index (χ1v) is 8.06. The Balaban J connectivity index is 1.85. The summed E-state index contributed by atoms with van der Waals surface area (Å²) >= 11 is 0. The number of ether oxygens (including phenoxy) is 1. The molecule has 4 nitrogen and oxygen atoms in total. The maximum Gasteiger partial charge on any atom is 0.191 e. The molecule has 0 fully saturated rings. The fourth-order valence-electron chi connectivity index (χ4n) is 2.34. The minimum absolute atomic E-state index is 0.00892. The van der Waals surface area contributed by atoms with Crippen LogP contribution in [0.5, 0.6) is 5.75 Å². The summed E-state index contributed by atoms with van der Waals surface area (Å²) in [5, 5.41) is 6.41. The predicted molar refractivity (Wildman–Crippen MR) is 96.0 cm³/mol. The van der Waals surface area contributed by atoms with E-state index in [4.69, 9.17) is 4.74 Å². The molecule has 0 aliphatic rings. The van der Waals surface area contributed by atoms with E-state index < -0.39 is 11.6 Å². The number of methoxy groups -OCH3 is 1. The van der Waals surface area contributed by atoms with Crippen LogP contribution >= 0.6 is 0 Å². The van der Waals surface area contributed by atoms with Crippen LogP contribution in [0.25, 0.3) is 0 Å². The Bertz CT molecular complexity index is 717. The maximum atomic E-state index is 13.3. The molecule has 0 spiro atoms. The van der Waals surface area contributed by atoms with Crippen LogP contribution < -0.4 is 15.4 Å². The monoisotopic (exact) mass is 347 g/mol. The third-order valence-corrected chi connectivity index (χ3v) is 3.93. The van der Waals surface area contributed by atoms with Gasteiger partial charge in [-0.1, -0.05) is 25.1 Å². The highest BCUT2D eigenvalue weighted by atomic mass is 19.2. The molecular weight excluding hydrogens is 324 g/mol. The van der Waals surface area contributed by atoms with Crippen molar-refractivity contribution in [3.63, 3.8) is 0 Å². The number of nitrogens with one attached hydrogen (secondary N) is 2. The lowest BCUT2D eigenvalue weighted by Crippen LogP contribution is -2.38. The Hall–Kier alpha value is -2.63. The number of hydrogen-bond acceptors (Lipinski definition) is 2. The average molecular weight is 347 g/mol. The first-order valence-electron chi connectivity index (χ1n) is 8.06. The van der Waals surface area contributed by atoms with Gasteiger partial charge in [-0.2, -0.15) is 0 Å². The molecule has 1 unspecified atom stereocenters. The number of rotatable bonds is 6. The SMILES string of the molecule is CN=C(NCc1ccc(OC)cc1)NCC(C)c1ccc(F)c(F)c1. The van der Waals surface area contributed by atoms with Crippen LogP contribution in [-0.2, 0) is 6.54 Å². The smallest absolute Gasteiger partial charge is 0.191 e. The van der Waals surface area contributed by atoms with Crippen molar-refractivity contribution in [2.75, 3.05) is 20.7 Å². The van der Waals surface area contributed by atoms with Gasteiger partial charge in [0.1, 0.15) is 5.75 Å². The van der Waals surface area contributed by atoms with Crippen LogP contribution in [0.15, 0.2) is 47.5 Å². The second-order valence-electron chi connectivity index (χ2n) is 5.73. The molecule has 134 valence electrons. The number of aliphatic imine (C=N–C) groups is 1. The number of nitrogens with zero attached hydrogens (tertiary/aromatic N) is 1. The van der Waals surface area contributed by atoms with Crippen molar-refractivity contribution in [1.82, 2.24) is 10.6 Å². The molecule has 2 N–H and O–H groups in total. The molecule has 0 radical (unpaired) electrons. The van der Waals surface area contributed by atoms with Crippen molar-refractivity contribution in [3.05, 3.63) is 65.2 Å². The van der Waals surface area contributed by atoms with Crippen LogP contribution in [-0.4, -0.2) is 26.7 Å². The van der Waals surface area contributed by atoms with E-state index in [1.807, 2.05) is 31.2 Å². The number of halogens is 2. The van der Waals surface area contributed by atoms with Gasteiger partial charge >= 0.3 is 0 Å². The summed E-state index contributed by atoms with van der Waals surface area (Å²) in [5.41, 5.74) is 1.83. The zero-order valence-corrected chi connectivity index (χ0v) is 14.6. The molecular formula is C19H23F2N3O. The second kappa shape index (κ2) is 9.01. The van der Waals surface area contributed by atoms with Crippen LogP contribution in [0, 0.1) is 11.6 Å². The molecule has 0 saturated heterocycles. The van der Waals surface area contributed by atoms with Gasteiger partial charge in [0.15, 0.2) is 17.6 Å². The number of benzene rings is 2. The first-order chi connectivity index (χ1) is 12.0. The number of hydrogen-bond donors (Lipinski definition) is 2. The predicted octanol–water partition coefficient (Wildman–Crippen LogP) is 3.44. The van der Waals surface area contributed by atoms with Gasteiger partial charge in [0.05, 0.1) is 7.11 Å². The van der Waals surface area contributed by atoms with E-state index >= 15 is 0 Å². The fourth-order valence-corrected chi connectivity index (χ4v) is 2.34. The van der Waals surface area contributed by atoms with Gasteiger partial charge in [0.2, 0.25) is 0 Å². The maximum absolute atomic E-state index is 13.3. The summed E-state index contributed by atoms with van der Waals surface area (Å²) in [6.07, 6.45) is 0. The minimum atomic E-state index is -0.833. The van der Waals surface area contributed by atoms with Crippen LogP contribution in [0.3, 0.4) is 0 Å². The Morgan fingerprint density at radius 1 is 1.08 bits per heavy atom. The molecule has 0 aromatic heterocycles. The summed E-state index contributed by atoms with van der Waals surface area (Å²) < 4.78 is 31.5. The van der Waals surface area contributed by atoms with Crippen molar-refractivity contribution in [2.24, 2.45) is 4.99 Å². The first kappa shape index (κ1) is 18.7. The Morgan fingerprint density at radius 3 is 2.40 bits per heavy atom. The van der Waals surface area contributed by atoms with Gasteiger partial charge in [-0.25, -0.2) is 8.78 Å². The van der Waals surface area contributed by atoms with Crippen LogP contribution in [0.2, 0.25) is 0 Å². The summed E-state index contributed by atoms with van der Waals surface area (Å²) in [5.74, 6) is -0.196. The summed E-state index contributed by atoms with van der Waals surface area (Å²) in [6.45, 7) is 3.10. The Morgan fingerprint density at radius 2 is 1.80 bits per heavy atom. The number of guanidine groups is 1. The molecule has 2 aromatic carbocycles. The molecule has 2 aromatic rings. The largest absolute Gasteiger partial charge is 0.497 e. The van der Waals surface area contributed by atoms with Crippen molar-refractivity contribution in [2.45, 2.75) is 19.4 Å². The van der Waals surface area contributed by atoms with E-state index in [-0.39, 0.29) is 5.92 Å². The molecule has 2 rings (SSSR count). The highest BCUT2D eigenvalue weighted by Crippen LogP contribution is 2.17. The fraction of sp³-hybridized carbons (Fsp3) is 0.316. The molecule has 0 heterocycles. The lowest BCUT2D eigenvalue weighted by molar-refractivity contribution is 0.414. The van der Waals surface area contributed by atoms with E-state index in [0.717, 1.165) is 22.9 Å². The molecule has 25 heavy (non-hydrogen) atoms. The van der Waals surface area contributed by atoms with Gasteiger partial charge in [-0.05, 0) is 41.3 Å². The lowest BCUT2D eigenvalue weighted by atomic mass is 10.0. The summed E-state index contributed by atoms with van der Waals surface area (Å²) in [6, 6.07) is 11.7. The van der Waals surface area contributed by atoms with Crippen molar-refractivity contribution in [1.29, 1.82) is 0 Å². The third-order valence-electron chi connectivity index (χ3n) is 3.93. The minimum Gasteiger partial charge on any atom is -0.497 e. The lowest BCUT2D eigenvalue weighted by Gasteiger charge is -2.16. The average Bonchev–Trinajstić information content (AvgIpc) is 2.64. The van der Waals surface area contributed by atoms with E-state index in [1.54, 1.807) is 20.2 Å². The van der Waals surface area contributed by atoms with E-state index in [2.05, 4.69) is 15.6 Å². The van der Waals surface area contributed by atoms with E-state index in [1.165, 1.54) is 6.07 Å². The van der Waals surface area contributed by atoms with Crippen LogP contribution in [0.4, 0.5) is 8.78 Å². The molecule has 0 saturated carbocycles. The van der Waals surface area contributed by atoms with Crippen molar-refractivity contribution in [3.8, 4) is 5.75 Å². The van der Waals surface area contributed by atoms with Crippen LogP contribution in [0.1, 0.15) is 24.0 Å². The normalized spacial score (nSPS) is 12.6. The van der Waals surface area contributed by atoms with Gasteiger partial charge in [0.25, 0.3) is 0 Å². The summed E-state index contributed by atoms with van der Waals surface area (Å²) in [7, 11) is 3.32. The van der Waals surface area contributed by atoms with E-state index in [9.17, 15) is 8.78 Å². The summed E-state index contributed by atoms with van der Waals surface area (Å²) in [4.78, 5) is 4.17. The highest BCUT2D eigenvalue weighted by Gasteiger charge is 2.10. The highest BCUT2D eigenvalue weighted by molar-refractivity contribution is 5.79. The zero-order valence-electron chi connectivity index (χ0n) is 14.6.